The van der Waals surface area contributed by atoms with Gasteiger partial charge in [0.15, 0.2) is 6.10 Å². The number of rotatable bonds is 9. The quantitative estimate of drug-likeness (QED) is 0.150. The summed E-state index contributed by atoms with van der Waals surface area (Å²) in [5.41, 5.74) is 2.09. The van der Waals surface area contributed by atoms with Crippen LogP contribution in [0.5, 0.6) is 5.75 Å². The Morgan fingerprint density at radius 2 is 1.63 bits per heavy atom. The number of benzene rings is 3. The van der Waals surface area contributed by atoms with Crippen molar-refractivity contribution in [1.82, 2.24) is 0 Å². The maximum Gasteiger partial charge on any atom is 0.337 e. The van der Waals surface area contributed by atoms with Crippen LogP contribution in [0.1, 0.15) is 36.1 Å². The maximum absolute atomic E-state index is 13.4. The minimum Gasteiger partial charge on any atom is -0.467 e. The Kier molecular flexibility index (Phi) is 9.63. The van der Waals surface area contributed by atoms with Gasteiger partial charge in [-0.05, 0) is 95.1 Å². The lowest BCUT2D eigenvalue weighted by molar-refractivity contribution is -0.271. The summed E-state index contributed by atoms with van der Waals surface area (Å²) < 4.78 is 30.1. The number of aliphatic hydroxyl groups is 4. The van der Waals surface area contributed by atoms with Gasteiger partial charge in [-0.25, -0.2) is 9.18 Å². The molecule has 0 saturated carbocycles. The van der Waals surface area contributed by atoms with Gasteiger partial charge in [-0.3, -0.25) is 4.79 Å². The first-order valence-corrected chi connectivity index (χ1v) is 14.7. The molecule has 4 N–H and O–H groups in total. The smallest absolute Gasteiger partial charge is 0.337 e. The summed E-state index contributed by atoms with van der Waals surface area (Å²) in [6, 6.07) is 19.6. The van der Waals surface area contributed by atoms with Crippen molar-refractivity contribution in [1.29, 1.82) is 0 Å². The predicted octanol–water partition coefficient (Wildman–Crippen LogP) is 3.01. The number of ether oxygens (including phenoxy) is 3. The summed E-state index contributed by atoms with van der Waals surface area (Å²) in [6.07, 6.45) is -8.26. The number of anilines is 1. The number of halogens is 2. The van der Waals surface area contributed by atoms with Crippen LogP contribution in [-0.2, 0) is 19.1 Å². The second-order valence-electron chi connectivity index (χ2n) is 10.5. The SMILES string of the molecule is COC(=O)[C@H]1O[C@@H](Oc2ccc([C@@H]3C(CC[C@H](O)c4ccc(F)cc4)C(=O)N3c3ccc(I)cc3)cc2)[C@H](O)[C@@H](O)[C@@H]1O. The molecule has 3 aromatic rings. The third-order valence-electron chi connectivity index (χ3n) is 7.80. The van der Waals surface area contributed by atoms with Gasteiger partial charge in [0, 0.05) is 9.26 Å². The molecule has 12 heteroatoms. The molecule has 8 atom stereocenters. The normalized spacial score (nSPS) is 27.7. The lowest BCUT2D eigenvalue weighted by Crippen LogP contribution is -2.61. The highest BCUT2D eigenvalue weighted by Gasteiger charge is 2.50. The molecule has 0 spiro atoms. The molecule has 2 fully saturated rings. The van der Waals surface area contributed by atoms with Crippen molar-refractivity contribution in [3.05, 3.63) is 93.3 Å². The Morgan fingerprint density at radius 3 is 2.26 bits per heavy atom. The summed E-state index contributed by atoms with van der Waals surface area (Å²) in [7, 11) is 1.10. The fourth-order valence-corrected chi connectivity index (χ4v) is 5.78. The Balaban J connectivity index is 1.34. The number of carbonyl (C=O) groups excluding carboxylic acids is 2. The molecule has 0 aliphatic carbocycles. The highest BCUT2D eigenvalue weighted by molar-refractivity contribution is 14.1. The number of hydrogen-bond donors (Lipinski definition) is 4. The molecule has 2 aliphatic heterocycles. The fraction of sp³-hybridized carbons (Fsp3) is 0.355. The van der Waals surface area contributed by atoms with Crippen molar-refractivity contribution in [3.8, 4) is 5.75 Å². The van der Waals surface area contributed by atoms with Gasteiger partial charge >= 0.3 is 5.97 Å². The van der Waals surface area contributed by atoms with Crippen LogP contribution in [0.15, 0.2) is 72.8 Å². The van der Waals surface area contributed by atoms with Crippen molar-refractivity contribution >= 4 is 40.2 Å². The summed E-state index contributed by atoms with van der Waals surface area (Å²) in [5.74, 6) is -1.59. The summed E-state index contributed by atoms with van der Waals surface area (Å²) in [4.78, 5) is 27.1. The van der Waals surface area contributed by atoms with E-state index in [1.165, 1.54) is 24.3 Å². The molecule has 2 aliphatic rings. The van der Waals surface area contributed by atoms with Crippen LogP contribution < -0.4 is 9.64 Å². The number of methoxy groups -OCH3 is 1. The van der Waals surface area contributed by atoms with Gasteiger partial charge in [0.25, 0.3) is 0 Å². The highest BCUT2D eigenvalue weighted by atomic mass is 127. The molecular weight excluding hydrogens is 676 g/mol. The lowest BCUT2D eigenvalue weighted by atomic mass is 9.78. The summed E-state index contributed by atoms with van der Waals surface area (Å²) in [6.45, 7) is 0. The molecule has 3 aromatic carbocycles. The van der Waals surface area contributed by atoms with Crippen molar-refractivity contribution in [2.75, 3.05) is 12.0 Å². The second kappa shape index (κ2) is 13.2. The van der Waals surface area contributed by atoms with Crippen LogP contribution in [0.4, 0.5) is 10.1 Å². The van der Waals surface area contributed by atoms with Gasteiger partial charge in [0.2, 0.25) is 12.2 Å². The van der Waals surface area contributed by atoms with Crippen LogP contribution in [0.2, 0.25) is 0 Å². The van der Waals surface area contributed by atoms with E-state index in [2.05, 4.69) is 27.3 Å². The standard InChI is InChI=1S/C31H31FINO9/c1-41-30(40)28-26(37)25(36)27(38)31(43-28)42-21-12-4-17(5-13-21)24-22(14-15-23(35)16-2-6-18(32)7-3-16)29(39)34(24)20-10-8-19(33)9-11-20/h2-13,22-28,31,35-38H,14-15H2,1H3/t22?,23-,24+,25-,26-,27+,28-,31+/m0/s1. The van der Waals surface area contributed by atoms with E-state index in [1.54, 1.807) is 29.2 Å². The van der Waals surface area contributed by atoms with Crippen molar-refractivity contribution in [2.45, 2.75) is 55.7 Å². The minimum atomic E-state index is -1.71. The number of β-lactam (4-membered cyclic amide) rings is 1. The van der Waals surface area contributed by atoms with Gasteiger partial charge in [0.1, 0.15) is 29.9 Å². The van der Waals surface area contributed by atoms with Crippen LogP contribution in [0.3, 0.4) is 0 Å². The fourth-order valence-electron chi connectivity index (χ4n) is 5.42. The third kappa shape index (κ3) is 6.54. The van der Waals surface area contributed by atoms with E-state index in [4.69, 9.17) is 9.47 Å². The summed E-state index contributed by atoms with van der Waals surface area (Å²) in [5, 5.41) is 41.4. The zero-order valence-electron chi connectivity index (χ0n) is 23.0. The Morgan fingerprint density at radius 1 is 0.977 bits per heavy atom. The van der Waals surface area contributed by atoms with Crippen LogP contribution in [0.25, 0.3) is 0 Å². The first-order chi connectivity index (χ1) is 20.6. The number of esters is 1. The summed E-state index contributed by atoms with van der Waals surface area (Å²) >= 11 is 2.19. The molecule has 0 aromatic heterocycles. The Labute approximate surface area is 260 Å². The van der Waals surface area contributed by atoms with E-state index < -0.39 is 54.5 Å². The molecule has 1 amide bonds. The predicted molar refractivity (Wildman–Crippen MR) is 159 cm³/mol. The largest absolute Gasteiger partial charge is 0.467 e. The molecule has 43 heavy (non-hydrogen) atoms. The molecule has 0 radical (unpaired) electrons. The Hall–Kier alpha value is -3.14. The average Bonchev–Trinajstić information content (AvgIpc) is 3.01. The monoisotopic (exact) mass is 707 g/mol. The number of aliphatic hydroxyl groups excluding tert-OH is 4. The lowest BCUT2D eigenvalue weighted by Gasteiger charge is -2.48. The van der Waals surface area contributed by atoms with Gasteiger partial charge < -0.3 is 39.5 Å². The number of hydrogen-bond acceptors (Lipinski definition) is 9. The zero-order chi connectivity index (χ0) is 30.8. The number of amides is 1. The van der Waals surface area contributed by atoms with Gasteiger partial charge in [-0.15, -0.1) is 0 Å². The topological polar surface area (TPSA) is 146 Å². The average molecular weight is 707 g/mol. The first-order valence-electron chi connectivity index (χ1n) is 13.6. The van der Waals surface area contributed by atoms with Crippen molar-refractivity contribution < 1.29 is 48.6 Å². The van der Waals surface area contributed by atoms with Gasteiger partial charge in [-0.2, -0.15) is 0 Å². The molecule has 1 unspecified atom stereocenters. The molecule has 10 nitrogen and oxygen atoms in total. The van der Waals surface area contributed by atoms with E-state index >= 15 is 0 Å². The maximum atomic E-state index is 13.4. The van der Waals surface area contributed by atoms with E-state index in [-0.39, 0.29) is 17.7 Å². The van der Waals surface area contributed by atoms with Gasteiger partial charge in [-0.1, -0.05) is 24.3 Å². The highest BCUT2D eigenvalue weighted by Crippen LogP contribution is 2.46. The van der Waals surface area contributed by atoms with Crippen molar-refractivity contribution in [2.24, 2.45) is 5.92 Å². The Bertz CT molecular complexity index is 1420. The zero-order valence-corrected chi connectivity index (χ0v) is 25.2. The third-order valence-corrected chi connectivity index (χ3v) is 8.52. The first kappa shape index (κ1) is 31.3. The molecule has 2 saturated heterocycles. The van der Waals surface area contributed by atoms with E-state index in [0.717, 1.165) is 21.9 Å². The molecule has 2 heterocycles. The van der Waals surface area contributed by atoms with Crippen LogP contribution in [0, 0.1) is 15.3 Å². The van der Waals surface area contributed by atoms with Gasteiger partial charge in [0.05, 0.1) is 25.2 Å². The van der Waals surface area contributed by atoms with Crippen molar-refractivity contribution in [3.63, 3.8) is 0 Å². The van der Waals surface area contributed by atoms with Crippen LogP contribution >= 0.6 is 22.6 Å². The number of carbonyl (C=O) groups is 2. The molecule has 5 rings (SSSR count). The minimum absolute atomic E-state index is 0.0852. The van der Waals surface area contributed by atoms with E-state index in [9.17, 15) is 34.4 Å². The molecular formula is C31H31FINO9. The van der Waals surface area contributed by atoms with E-state index in [0.29, 0.717) is 18.4 Å². The van der Waals surface area contributed by atoms with E-state index in [1.807, 2.05) is 24.3 Å². The second-order valence-corrected chi connectivity index (χ2v) is 11.7. The molecule has 0 bridgehead atoms. The number of nitrogens with zero attached hydrogens (tertiary/aromatic N) is 1. The molecule has 228 valence electrons. The van der Waals surface area contributed by atoms with Crippen LogP contribution in [-0.4, -0.2) is 70.1 Å².